The first-order chi connectivity index (χ1) is 11.1. The number of rotatable bonds is 3. The molecule has 120 valence electrons. The summed E-state index contributed by atoms with van der Waals surface area (Å²) in [7, 11) is 0. The zero-order chi connectivity index (χ0) is 16.0. The molecule has 2 aliphatic heterocycles. The van der Waals surface area contributed by atoms with Gasteiger partial charge >= 0.3 is 0 Å². The SMILES string of the molecule is C[C@@H](C(N)=O)N1CCc2[nH]nc(-c3ccc4c(c3)OCO4)c2C1. The Labute approximate surface area is 133 Å². The van der Waals surface area contributed by atoms with Crippen LogP contribution in [0.4, 0.5) is 0 Å². The van der Waals surface area contributed by atoms with Gasteiger partial charge in [-0.15, -0.1) is 0 Å². The van der Waals surface area contributed by atoms with E-state index >= 15 is 0 Å². The van der Waals surface area contributed by atoms with Crippen LogP contribution in [0.15, 0.2) is 18.2 Å². The first-order valence-corrected chi connectivity index (χ1v) is 7.63. The van der Waals surface area contributed by atoms with Crippen molar-refractivity contribution in [1.29, 1.82) is 0 Å². The fourth-order valence-electron chi connectivity index (χ4n) is 3.11. The first-order valence-electron chi connectivity index (χ1n) is 7.63. The fraction of sp³-hybridized carbons (Fsp3) is 0.375. The normalized spacial score (nSPS) is 17.8. The van der Waals surface area contributed by atoms with Gasteiger partial charge < -0.3 is 15.2 Å². The van der Waals surface area contributed by atoms with Gasteiger partial charge in [-0.1, -0.05) is 0 Å². The van der Waals surface area contributed by atoms with E-state index in [1.54, 1.807) is 0 Å². The Bertz CT molecular complexity index is 771. The van der Waals surface area contributed by atoms with Crippen LogP contribution in [0.1, 0.15) is 18.2 Å². The maximum Gasteiger partial charge on any atom is 0.234 e. The summed E-state index contributed by atoms with van der Waals surface area (Å²) in [4.78, 5) is 13.5. The van der Waals surface area contributed by atoms with Crippen molar-refractivity contribution in [2.24, 2.45) is 5.73 Å². The number of fused-ring (bicyclic) bond motifs is 2. The Balaban J connectivity index is 1.68. The summed E-state index contributed by atoms with van der Waals surface area (Å²) in [5.74, 6) is 1.18. The van der Waals surface area contributed by atoms with E-state index in [-0.39, 0.29) is 18.7 Å². The largest absolute Gasteiger partial charge is 0.454 e. The lowest BCUT2D eigenvalue weighted by Crippen LogP contribution is -2.45. The molecule has 0 bridgehead atoms. The van der Waals surface area contributed by atoms with Crippen LogP contribution in [0.2, 0.25) is 0 Å². The molecule has 1 amide bonds. The van der Waals surface area contributed by atoms with Crippen LogP contribution in [-0.4, -0.2) is 40.4 Å². The van der Waals surface area contributed by atoms with Gasteiger partial charge in [-0.3, -0.25) is 14.8 Å². The second kappa shape index (κ2) is 5.27. The van der Waals surface area contributed by atoms with Crippen LogP contribution in [0, 0.1) is 0 Å². The molecule has 0 aliphatic carbocycles. The Kier molecular flexibility index (Phi) is 3.23. The molecule has 0 radical (unpaired) electrons. The molecular weight excluding hydrogens is 296 g/mol. The monoisotopic (exact) mass is 314 g/mol. The molecule has 0 fully saturated rings. The number of nitrogens with one attached hydrogen (secondary N) is 1. The molecule has 2 aliphatic rings. The van der Waals surface area contributed by atoms with E-state index in [1.807, 2.05) is 25.1 Å². The van der Waals surface area contributed by atoms with Crippen molar-refractivity contribution in [3.63, 3.8) is 0 Å². The number of H-pyrrole nitrogens is 1. The van der Waals surface area contributed by atoms with Crippen molar-refractivity contribution in [3.05, 3.63) is 29.5 Å². The average Bonchev–Trinajstić information content (AvgIpc) is 3.18. The predicted molar refractivity (Wildman–Crippen MR) is 82.9 cm³/mol. The number of nitrogens with two attached hydrogens (primary N) is 1. The van der Waals surface area contributed by atoms with Crippen molar-refractivity contribution in [2.75, 3.05) is 13.3 Å². The third-order valence-corrected chi connectivity index (χ3v) is 4.57. The minimum Gasteiger partial charge on any atom is -0.454 e. The maximum atomic E-state index is 11.5. The molecule has 1 aromatic carbocycles. The van der Waals surface area contributed by atoms with Gasteiger partial charge in [-0.05, 0) is 25.1 Å². The van der Waals surface area contributed by atoms with E-state index in [2.05, 4.69) is 15.1 Å². The van der Waals surface area contributed by atoms with Crippen molar-refractivity contribution in [3.8, 4) is 22.8 Å². The van der Waals surface area contributed by atoms with Gasteiger partial charge in [0.05, 0.1) is 11.7 Å². The standard InChI is InChI=1S/C16H18N4O3/c1-9(16(17)21)20-5-4-12-11(7-20)15(19-18-12)10-2-3-13-14(6-10)23-8-22-13/h2-3,6,9H,4-5,7-8H2,1H3,(H2,17,21)(H,18,19)/t9-/m0/s1. The van der Waals surface area contributed by atoms with Crippen molar-refractivity contribution < 1.29 is 14.3 Å². The summed E-state index contributed by atoms with van der Waals surface area (Å²) in [5.41, 5.74) is 9.53. The molecule has 2 aromatic rings. The lowest BCUT2D eigenvalue weighted by molar-refractivity contribution is -0.123. The van der Waals surface area contributed by atoms with Gasteiger partial charge in [0.25, 0.3) is 0 Å². The molecule has 0 saturated carbocycles. The number of hydrogen-bond donors (Lipinski definition) is 2. The first kappa shape index (κ1) is 14.1. The molecule has 0 spiro atoms. The number of aromatic amines is 1. The summed E-state index contributed by atoms with van der Waals surface area (Å²) in [6, 6.07) is 5.52. The quantitative estimate of drug-likeness (QED) is 0.883. The Morgan fingerprint density at radius 2 is 2.22 bits per heavy atom. The highest BCUT2D eigenvalue weighted by atomic mass is 16.7. The summed E-state index contributed by atoms with van der Waals surface area (Å²) < 4.78 is 10.8. The van der Waals surface area contributed by atoms with E-state index in [9.17, 15) is 4.79 Å². The number of amides is 1. The number of nitrogens with zero attached hydrogens (tertiary/aromatic N) is 2. The van der Waals surface area contributed by atoms with Crippen LogP contribution in [0.5, 0.6) is 11.5 Å². The molecule has 0 saturated heterocycles. The number of primary amides is 1. The molecule has 7 heteroatoms. The number of carbonyl (C=O) groups excluding carboxylic acids is 1. The molecule has 4 rings (SSSR count). The van der Waals surface area contributed by atoms with E-state index in [0.717, 1.165) is 47.0 Å². The summed E-state index contributed by atoms with van der Waals surface area (Å²) in [6.07, 6.45) is 0.824. The third-order valence-electron chi connectivity index (χ3n) is 4.57. The lowest BCUT2D eigenvalue weighted by atomic mass is 9.99. The highest BCUT2D eigenvalue weighted by Gasteiger charge is 2.28. The van der Waals surface area contributed by atoms with E-state index in [1.165, 1.54) is 0 Å². The van der Waals surface area contributed by atoms with Crippen molar-refractivity contribution >= 4 is 5.91 Å². The lowest BCUT2D eigenvalue weighted by Gasteiger charge is -2.30. The summed E-state index contributed by atoms with van der Waals surface area (Å²) >= 11 is 0. The van der Waals surface area contributed by atoms with Gasteiger partial charge in [-0.2, -0.15) is 5.10 Å². The molecule has 3 heterocycles. The van der Waals surface area contributed by atoms with Gasteiger partial charge in [-0.25, -0.2) is 0 Å². The van der Waals surface area contributed by atoms with Crippen molar-refractivity contribution in [1.82, 2.24) is 15.1 Å². The second-order valence-corrected chi connectivity index (χ2v) is 5.90. The number of benzene rings is 1. The summed E-state index contributed by atoms with van der Waals surface area (Å²) in [6.45, 7) is 3.54. The fourth-order valence-corrected chi connectivity index (χ4v) is 3.11. The molecule has 7 nitrogen and oxygen atoms in total. The Morgan fingerprint density at radius 1 is 1.39 bits per heavy atom. The van der Waals surface area contributed by atoms with Crippen LogP contribution in [-0.2, 0) is 17.8 Å². The Morgan fingerprint density at radius 3 is 3.04 bits per heavy atom. The van der Waals surface area contributed by atoms with Crippen LogP contribution in [0.3, 0.4) is 0 Å². The minimum atomic E-state index is -0.304. The van der Waals surface area contributed by atoms with Crippen molar-refractivity contribution in [2.45, 2.75) is 25.9 Å². The highest BCUT2D eigenvalue weighted by molar-refractivity contribution is 5.79. The number of aromatic nitrogens is 2. The number of ether oxygens (including phenoxy) is 2. The number of hydrogen-bond acceptors (Lipinski definition) is 5. The molecular formula is C16H18N4O3. The van der Waals surface area contributed by atoms with E-state index in [4.69, 9.17) is 15.2 Å². The van der Waals surface area contributed by atoms with Gasteiger partial charge in [0, 0.05) is 36.3 Å². The molecule has 3 N–H and O–H groups in total. The molecule has 0 unspecified atom stereocenters. The zero-order valence-electron chi connectivity index (χ0n) is 12.8. The van der Waals surface area contributed by atoms with Crippen LogP contribution in [0.25, 0.3) is 11.3 Å². The van der Waals surface area contributed by atoms with E-state index in [0.29, 0.717) is 6.54 Å². The molecule has 23 heavy (non-hydrogen) atoms. The zero-order valence-corrected chi connectivity index (χ0v) is 12.8. The maximum absolute atomic E-state index is 11.5. The van der Waals surface area contributed by atoms with Crippen LogP contribution < -0.4 is 15.2 Å². The number of carbonyl (C=O) groups is 1. The summed E-state index contributed by atoms with van der Waals surface area (Å²) in [5, 5.41) is 7.58. The predicted octanol–water partition coefficient (Wildman–Crippen LogP) is 1.04. The van der Waals surface area contributed by atoms with E-state index < -0.39 is 0 Å². The Hall–Kier alpha value is -2.54. The van der Waals surface area contributed by atoms with Crippen LogP contribution >= 0.6 is 0 Å². The van der Waals surface area contributed by atoms with Gasteiger partial charge in [0.1, 0.15) is 0 Å². The third kappa shape index (κ3) is 2.33. The van der Waals surface area contributed by atoms with Gasteiger partial charge in [0.2, 0.25) is 12.7 Å². The second-order valence-electron chi connectivity index (χ2n) is 5.90. The average molecular weight is 314 g/mol. The molecule has 1 atom stereocenters. The minimum absolute atomic E-state index is 0.251. The van der Waals surface area contributed by atoms with Gasteiger partial charge in [0.15, 0.2) is 11.5 Å². The highest BCUT2D eigenvalue weighted by Crippen LogP contribution is 2.37. The smallest absolute Gasteiger partial charge is 0.234 e. The topological polar surface area (TPSA) is 93.5 Å². The molecule has 1 aromatic heterocycles.